The lowest BCUT2D eigenvalue weighted by molar-refractivity contribution is 0.881. The third kappa shape index (κ3) is 1.80. The highest BCUT2D eigenvalue weighted by Crippen LogP contribution is 2.32. The van der Waals surface area contributed by atoms with Crippen molar-refractivity contribution in [1.29, 1.82) is 0 Å². The number of aryl methyl sites for hydroxylation is 2. The zero-order chi connectivity index (χ0) is 12.5. The molecule has 0 spiro atoms. The topological polar surface area (TPSA) is 92.3 Å². The van der Waals surface area contributed by atoms with E-state index in [9.17, 15) is 0 Å². The second-order valence-electron chi connectivity index (χ2n) is 3.87. The van der Waals surface area contributed by atoms with E-state index in [1.54, 1.807) is 17.7 Å². The van der Waals surface area contributed by atoms with Crippen LogP contribution in [0.2, 0.25) is 0 Å². The van der Waals surface area contributed by atoms with Crippen molar-refractivity contribution in [2.75, 3.05) is 5.32 Å². The number of anilines is 1. The Hall–Kier alpha value is -2.09. The maximum absolute atomic E-state index is 4.29. The van der Waals surface area contributed by atoms with Crippen LogP contribution in [0.25, 0.3) is 10.2 Å². The lowest BCUT2D eigenvalue weighted by atomic mass is 10.2. The number of hydrogen-bond acceptors (Lipinski definition) is 7. The van der Waals surface area contributed by atoms with Gasteiger partial charge < -0.3 is 5.32 Å². The molecule has 0 atom stereocenters. The molecule has 2 N–H and O–H groups in total. The van der Waals surface area contributed by atoms with E-state index in [1.807, 2.05) is 0 Å². The number of H-pyrrole nitrogens is 1. The molecule has 92 valence electrons. The molecule has 7 nitrogen and oxygen atoms in total. The van der Waals surface area contributed by atoms with Crippen molar-refractivity contribution in [3.63, 3.8) is 0 Å². The van der Waals surface area contributed by atoms with Crippen molar-refractivity contribution in [2.45, 2.75) is 20.4 Å². The summed E-state index contributed by atoms with van der Waals surface area (Å²) >= 11 is 1.68. The van der Waals surface area contributed by atoms with Crippen LogP contribution in [-0.2, 0) is 6.54 Å². The second kappa shape index (κ2) is 4.30. The molecule has 0 amide bonds. The standard InChI is InChI=1S/C10H11N7S/c1-5-6(2)18-10-8(5)9(12-4-13-10)11-3-7-14-16-17-15-7/h4H,3H2,1-2H3,(H,11,12,13)(H,14,15,16,17). The number of hydrogen-bond donors (Lipinski definition) is 2. The molecule has 3 heterocycles. The SMILES string of the molecule is Cc1sc2ncnc(NCc3nn[nH]n3)c2c1C. The molecule has 0 saturated heterocycles. The zero-order valence-electron chi connectivity index (χ0n) is 9.93. The number of thiophene rings is 1. The van der Waals surface area contributed by atoms with Gasteiger partial charge in [0.05, 0.1) is 11.9 Å². The molecule has 0 aromatic carbocycles. The predicted molar refractivity (Wildman–Crippen MR) is 68.4 cm³/mol. The minimum atomic E-state index is 0.483. The summed E-state index contributed by atoms with van der Waals surface area (Å²) in [5, 5.41) is 18.0. The summed E-state index contributed by atoms with van der Waals surface area (Å²) in [7, 11) is 0. The summed E-state index contributed by atoms with van der Waals surface area (Å²) < 4.78 is 0. The van der Waals surface area contributed by atoms with E-state index >= 15 is 0 Å². The minimum absolute atomic E-state index is 0.483. The normalized spacial score (nSPS) is 11.0. The van der Waals surface area contributed by atoms with Gasteiger partial charge in [-0.1, -0.05) is 5.21 Å². The van der Waals surface area contributed by atoms with E-state index in [4.69, 9.17) is 0 Å². The highest BCUT2D eigenvalue weighted by Gasteiger charge is 2.11. The van der Waals surface area contributed by atoms with Gasteiger partial charge in [-0.25, -0.2) is 9.97 Å². The van der Waals surface area contributed by atoms with Crippen LogP contribution in [-0.4, -0.2) is 30.6 Å². The number of aromatic nitrogens is 6. The van der Waals surface area contributed by atoms with Gasteiger partial charge in [-0.15, -0.1) is 21.5 Å². The Balaban J connectivity index is 1.96. The van der Waals surface area contributed by atoms with Crippen LogP contribution in [0.15, 0.2) is 6.33 Å². The fourth-order valence-electron chi connectivity index (χ4n) is 1.74. The molecule has 0 bridgehead atoms. The highest BCUT2D eigenvalue weighted by molar-refractivity contribution is 7.18. The number of nitrogens with zero attached hydrogens (tertiary/aromatic N) is 5. The summed E-state index contributed by atoms with van der Waals surface area (Å²) in [4.78, 5) is 10.8. The van der Waals surface area contributed by atoms with Gasteiger partial charge in [0.15, 0.2) is 5.82 Å². The van der Waals surface area contributed by atoms with E-state index in [2.05, 4.69) is 49.8 Å². The van der Waals surface area contributed by atoms with Gasteiger partial charge in [-0.2, -0.15) is 5.21 Å². The molecule has 0 aliphatic rings. The average Bonchev–Trinajstić information content (AvgIpc) is 2.97. The number of rotatable bonds is 3. The molecule has 0 fully saturated rings. The third-order valence-electron chi connectivity index (χ3n) is 2.77. The summed E-state index contributed by atoms with van der Waals surface area (Å²) in [6, 6.07) is 0. The van der Waals surface area contributed by atoms with Crippen molar-refractivity contribution in [1.82, 2.24) is 30.6 Å². The van der Waals surface area contributed by atoms with Crippen molar-refractivity contribution >= 4 is 27.4 Å². The van der Waals surface area contributed by atoms with E-state index in [-0.39, 0.29) is 0 Å². The zero-order valence-corrected chi connectivity index (χ0v) is 10.7. The summed E-state index contributed by atoms with van der Waals surface area (Å²) in [6.07, 6.45) is 1.57. The van der Waals surface area contributed by atoms with Crippen LogP contribution >= 0.6 is 11.3 Å². The molecule has 0 radical (unpaired) electrons. The maximum Gasteiger partial charge on any atom is 0.193 e. The number of fused-ring (bicyclic) bond motifs is 1. The molecular weight excluding hydrogens is 250 g/mol. The summed E-state index contributed by atoms with van der Waals surface area (Å²) in [5.74, 6) is 1.41. The molecule has 3 aromatic heterocycles. The van der Waals surface area contributed by atoms with Crippen LogP contribution in [0, 0.1) is 13.8 Å². The Labute approximate surface area is 107 Å². The first-order valence-electron chi connectivity index (χ1n) is 5.42. The Morgan fingerprint density at radius 3 is 3.00 bits per heavy atom. The van der Waals surface area contributed by atoms with Crippen LogP contribution in [0.4, 0.5) is 5.82 Å². The van der Waals surface area contributed by atoms with Gasteiger partial charge >= 0.3 is 0 Å². The van der Waals surface area contributed by atoms with E-state index in [0.717, 1.165) is 16.0 Å². The fraction of sp³-hybridized carbons (Fsp3) is 0.300. The smallest absolute Gasteiger partial charge is 0.193 e. The van der Waals surface area contributed by atoms with Crippen LogP contribution in [0.1, 0.15) is 16.3 Å². The molecule has 0 aliphatic heterocycles. The van der Waals surface area contributed by atoms with E-state index in [1.165, 1.54) is 10.4 Å². The van der Waals surface area contributed by atoms with Gasteiger partial charge in [0.25, 0.3) is 0 Å². The van der Waals surface area contributed by atoms with E-state index in [0.29, 0.717) is 12.4 Å². The molecule has 0 aliphatic carbocycles. The molecule has 3 rings (SSSR count). The third-order valence-corrected chi connectivity index (χ3v) is 3.88. The monoisotopic (exact) mass is 261 g/mol. The minimum Gasteiger partial charge on any atom is -0.362 e. The Morgan fingerprint density at radius 1 is 1.33 bits per heavy atom. The summed E-state index contributed by atoms with van der Waals surface area (Å²) in [6.45, 7) is 4.65. The first-order chi connectivity index (χ1) is 8.75. The first kappa shape index (κ1) is 11.0. The van der Waals surface area contributed by atoms with Crippen molar-refractivity contribution in [3.05, 3.63) is 22.6 Å². The first-order valence-corrected chi connectivity index (χ1v) is 6.24. The average molecular weight is 261 g/mol. The van der Waals surface area contributed by atoms with Gasteiger partial charge in [0.1, 0.15) is 17.0 Å². The Morgan fingerprint density at radius 2 is 2.22 bits per heavy atom. The van der Waals surface area contributed by atoms with Gasteiger partial charge in [-0.3, -0.25) is 0 Å². The van der Waals surface area contributed by atoms with Crippen LogP contribution in [0.5, 0.6) is 0 Å². The molecule has 18 heavy (non-hydrogen) atoms. The largest absolute Gasteiger partial charge is 0.362 e. The summed E-state index contributed by atoms with van der Waals surface area (Å²) in [5.41, 5.74) is 1.21. The molecule has 0 saturated carbocycles. The maximum atomic E-state index is 4.29. The number of nitrogens with one attached hydrogen (secondary N) is 2. The van der Waals surface area contributed by atoms with Crippen LogP contribution < -0.4 is 5.32 Å². The van der Waals surface area contributed by atoms with Crippen LogP contribution in [0.3, 0.4) is 0 Å². The van der Waals surface area contributed by atoms with Crippen molar-refractivity contribution < 1.29 is 0 Å². The lowest BCUT2D eigenvalue weighted by Gasteiger charge is -2.04. The second-order valence-corrected chi connectivity index (χ2v) is 5.07. The van der Waals surface area contributed by atoms with Crippen molar-refractivity contribution in [3.8, 4) is 0 Å². The Bertz CT molecular complexity index is 673. The number of aromatic amines is 1. The highest BCUT2D eigenvalue weighted by atomic mass is 32.1. The fourth-order valence-corrected chi connectivity index (χ4v) is 2.73. The molecular formula is C10H11N7S. The van der Waals surface area contributed by atoms with Gasteiger partial charge in [0, 0.05) is 4.88 Å². The van der Waals surface area contributed by atoms with Gasteiger partial charge in [0.2, 0.25) is 0 Å². The predicted octanol–water partition coefficient (Wildman–Crippen LogP) is 1.43. The van der Waals surface area contributed by atoms with Crippen molar-refractivity contribution in [2.24, 2.45) is 0 Å². The molecule has 3 aromatic rings. The quantitative estimate of drug-likeness (QED) is 0.741. The lowest BCUT2D eigenvalue weighted by Crippen LogP contribution is -2.04. The van der Waals surface area contributed by atoms with E-state index < -0.39 is 0 Å². The molecule has 0 unspecified atom stereocenters. The van der Waals surface area contributed by atoms with Gasteiger partial charge in [-0.05, 0) is 19.4 Å². The number of tetrazole rings is 1. The Kier molecular flexibility index (Phi) is 2.63. The molecule has 8 heteroatoms.